The van der Waals surface area contributed by atoms with Crippen LogP contribution in [-0.4, -0.2) is 13.2 Å². The molecule has 0 bridgehead atoms. The lowest BCUT2D eigenvalue weighted by Crippen LogP contribution is -2.17. The minimum absolute atomic E-state index is 0.594. The monoisotopic (exact) mass is 282 g/mol. The second-order valence-electron chi connectivity index (χ2n) is 6.54. The molecule has 1 aromatic carbocycles. The SMILES string of the molecule is Cc1ccc(C#CC2CC2)cc1[C@H](O)C#C[Si](C)(C)C. The third-order valence-electron chi connectivity index (χ3n) is 3.16. The van der Waals surface area contributed by atoms with Crippen LogP contribution < -0.4 is 0 Å². The molecular formula is C18H22OSi. The van der Waals surface area contributed by atoms with E-state index in [1.54, 1.807) is 0 Å². The van der Waals surface area contributed by atoms with Gasteiger partial charge in [0.15, 0.2) is 0 Å². The van der Waals surface area contributed by atoms with Crippen LogP contribution in [0.2, 0.25) is 19.6 Å². The number of aryl methyl sites for hydroxylation is 1. The highest BCUT2D eigenvalue weighted by atomic mass is 28.3. The maximum Gasteiger partial charge on any atom is 0.139 e. The maximum atomic E-state index is 10.3. The van der Waals surface area contributed by atoms with E-state index in [2.05, 4.69) is 42.9 Å². The summed E-state index contributed by atoms with van der Waals surface area (Å²) in [7, 11) is -1.45. The molecule has 1 aromatic rings. The van der Waals surface area contributed by atoms with Crippen molar-refractivity contribution in [3.8, 4) is 23.3 Å². The van der Waals surface area contributed by atoms with Gasteiger partial charge in [-0.25, -0.2) is 0 Å². The fourth-order valence-electron chi connectivity index (χ4n) is 1.79. The van der Waals surface area contributed by atoms with E-state index in [0.29, 0.717) is 5.92 Å². The number of aliphatic hydroxyl groups is 1. The smallest absolute Gasteiger partial charge is 0.139 e. The van der Waals surface area contributed by atoms with E-state index in [1.807, 2.05) is 25.1 Å². The van der Waals surface area contributed by atoms with Crippen LogP contribution in [0.15, 0.2) is 18.2 Å². The van der Waals surface area contributed by atoms with Crippen LogP contribution in [0.3, 0.4) is 0 Å². The maximum absolute atomic E-state index is 10.3. The first-order chi connectivity index (χ1) is 9.35. The van der Waals surface area contributed by atoms with Crippen LogP contribution in [0.1, 0.15) is 35.6 Å². The summed E-state index contributed by atoms with van der Waals surface area (Å²) >= 11 is 0. The van der Waals surface area contributed by atoms with Crippen LogP contribution in [0, 0.1) is 36.1 Å². The summed E-state index contributed by atoms with van der Waals surface area (Å²) < 4.78 is 0. The first-order valence-corrected chi connectivity index (χ1v) is 10.7. The topological polar surface area (TPSA) is 20.2 Å². The zero-order valence-electron chi connectivity index (χ0n) is 12.7. The van der Waals surface area contributed by atoms with Crippen molar-refractivity contribution in [2.24, 2.45) is 5.92 Å². The average Bonchev–Trinajstić information content (AvgIpc) is 3.18. The molecule has 20 heavy (non-hydrogen) atoms. The fraction of sp³-hybridized carbons (Fsp3) is 0.444. The molecule has 104 valence electrons. The molecule has 1 aliphatic carbocycles. The predicted molar refractivity (Wildman–Crippen MR) is 86.9 cm³/mol. The molecule has 2 rings (SSSR count). The van der Waals surface area contributed by atoms with Crippen molar-refractivity contribution in [2.75, 3.05) is 0 Å². The van der Waals surface area contributed by atoms with Gasteiger partial charge in [0.1, 0.15) is 14.2 Å². The van der Waals surface area contributed by atoms with Crippen molar-refractivity contribution in [2.45, 2.75) is 45.5 Å². The molecule has 1 N–H and O–H groups in total. The number of aliphatic hydroxyl groups excluding tert-OH is 1. The summed E-state index contributed by atoms with van der Waals surface area (Å²) in [6, 6.07) is 6.02. The van der Waals surface area contributed by atoms with Crippen molar-refractivity contribution in [3.05, 3.63) is 34.9 Å². The zero-order chi connectivity index (χ0) is 14.8. The zero-order valence-corrected chi connectivity index (χ0v) is 13.7. The highest BCUT2D eigenvalue weighted by molar-refractivity contribution is 6.83. The summed E-state index contributed by atoms with van der Waals surface area (Å²) in [4.78, 5) is 0. The molecule has 0 heterocycles. The van der Waals surface area contributed by atoms with E-state index in [4.69, 9.17) is 0 Å². The second-order valence-corrected chi connectivity index (χ2v) is 11.3. The van der Waals surface area contributed by atoms with Gasteiger partial charge in [-0.1, -0.05) is 43.5 Å². The van der Waals surface area contributed by atoms with Gasteiger partial charge in [-0.2, -0.15) is 0 Å². The Morgan fingerprint density at radius 3 is 2.55 bits per heavy atom. The molecule has 0 radical (unpaired) electrons. The first-order valence-electron chi connectivity index (χ1n) is 7.18. The number of rotatable bonds is 1. The van der Waals surface area contributed by atoms with Crippen LogP contribution in [-0.2, 0) is 0 Å². The van der Waals surface area contributed by atoms with E-state index in [-0.39, 0.29) is 0 Å². The highest BCUT2D eigenvalue weighted by Crippen LogP contribution is 2.27. The normalized spacial score (nSPS) is 15.7. The Kier molecular flexibility index (Phi) is 4.38. The number of hydrogen-bond donors (Lipinski definition) is 1. The van der Waals surface area contributed by atoms with Gasteiger partial charge >= 0.3 is 0 Å². The van der Waals surface area contributed by atoms with Gasteiger partial charge < -0.3 is 5.11 Å². The van der Waals surface area contributed by atoms with Gasteiger partial charge in [-0.05, 0) is 43.0 Å². The van der Waals surface area contributed by atoms with Crippen LogP contribution in [0.25, 0.3) is 0 Å². The van der Waals surface area contributed by atoms with Crippen molar-refractivity contribution in [3.63, 3.8) is 0 Å². The number of hydrogen-bond acceptors (Lipinski definition) is 1. The van der Waals surface area contributed by atoms with Gasteiger partial charge in [0, 0.05) is 11.5 Å². The Balaban J connectivity index is 2.23. The van der Waals surface area contributed by atoms with Gasteiger partial charge in [0.25, 0.3) is 0 Å². The lowest BCUT2D eigenvalue weighted by Gasteiger charge is -2.10. The standard InChI is InChI=1S/C18H22OSi/c1-14-5-6-16(10-9-15-7-8-15)13-17(14)18(19)11-12-20(2,3)4/h5-6,13,15,18-19H,7-8H2,1-4H3/t18-/m1/s1. The van der Waals surface area contributed by atoms with Crippen molar-refractivity contribution in [1.29, 1.82) is 0 Å². The van der Waals surface area contributed by atoms with E-state index >= 15 is 0 Å². The molecule has 0 unspecified atom stereocenters. The lowest BCUT2D eigenvalue weighted by molar-refractivity contribution is 0.237. The molecule has 1 aliphatic rings. The van der Waals surface area contributed by atoms with E-state index in [9.17, 15) is 5.11 Å². The largest absolute Gasteiger partial charge is 0.376 e. The van der Waals surface area contributed by atoms with Crippen molar-refractivity contribution in [1.82, 2.24) is 0 Å². The summed E-state index contributed by atoms with van der Waals surface area (Å²) in [5.41, 5.74) is 6.16. The van der Waals surface area contributed by atoms with E-state index in [1.165, 1.54) is 12.8 Å². The molecule has 0 spiro atoms. The Labute approximate surface area is 123 Å². The molecule has 0 aromatic heterocycles. The van der Waals surface area contributed by atoms with Crippen molar-refractivity contribution >= 4 is 8.07 Å². The van der Waals surface area contributed by atoms with E-state index in [0.717, 1.165) is 16.7 Å². The highest BCUT2D eigenvalue weighted by Gasteiger charge is 2.17. The van der Waals surface area contributed by atoms with Crippen LogP contribution >= 0.6 is 0 Å². The molecule has 1 nitrogen and oxygen atoms in total. The molecule has 0 aliphatic heterocycles. The third kappa shape index (κ3) is 4.56. The van der Waals surface area contributed by atoms with Gasteiger partial charge in [-0.3, -0.25) is 0 Å². The summed E-state index contributed by atoms with van der Waals surface area (Å²) in [6.07, 6.45) is 1.76. The Bertz CT molecular complexity index is 613. The Morgan fingerprint density at radius 1 is 1.25 bits per heavy atom. The summed E-state index contributed by atoms with van der Waals surface area (Å²) in [5, 5.41) is 10.3. The molecular weight excluding hydrogens is 260 g/mol. The number of benzene rings is 1. The van der Waals surface area contributed by atoms with Gasteiger partial charge in [0.2, 0.25) is 0 Å². The van der Waals surface area contributed by atoms with Crippen LogP contribution in [0.5, 0.6) is 0 Å². The molecule has 1 fully saturated rings. The lowest BCUT2D eigenvalue weighted by atomic mass is 10.0. The Morgan fingerprint density at radius 2 is 1.95 bits per heavy atom. The van der Waals surface area contributed by atoms with Crippen LogP contribution in [0.4, 0.5) is 0 Å². The molecule has 1 atom stereocenters. The van der Waals surface area contributed by atoms with Gasteiger partial charge in [-0.15, -0.1) is 5.54 Å². The summed E-state index contributed by atoms with van der Waals surface area (Å²) in [5.74, 6) is 10.1. The van der Waals surface area contributed by atoms with Gasteiger partial charge in [0.05, 0.1) is 0 Å². The minimum atomic E-state index is -1.45. The quantitative estimate of drug-likeness (QED) is 0.615. The minimum Gasteiger partial charge on any atom is -0.376 e. The first kappa shape index (κ1) is 14.9. The van der Waals surface area contributed by atoms with E-state index < -0.39 is 14.2 Å². The predicted octanol–water partition coefficient (Wildman–Crippen LogP) is 3.67. The van der Waals surface area contributed by atoms with Crippen molar-refractivity contribution < 1.29 is 5.11 Å². The molecule has 0 amide bonds. The molecule has 0 saturated heterocycles. The molecule has 2 heteroatoms. The average molecular weight is 282 g/mol. The second kappa shape index (κ2) is 5.88. The summed E-state index contributed by atoms with van der Waals surface area (Å²) in [6.45, 7) is 8.54. The fourth-order valence-corrected chi connectivity index (χ4v) is 2.36. The Hall–Kier alpha value is -1.48. The molecule has 1 saturated carbocycles. The third-order valence-corrected chi connectivity index (χ3v) is 4.05.